The van der Waals surface area contributed by atoms with Gasteiger partial charge < -0.3 is 19.5 Å². The summed E-state index contributed by atoms with van der Waals surface area (Å²) in [5.41, 5.74) is 1.39. The van der Waals surface area contributed by atoms with E-state index >= 15 is 0 Å². The molecule has 1 heterocycles. The summed E-state index contributed by atoms with van der Waals surface area (Å²) in [6.45, 7) is 3.74. The smallest absolute Gasteiger partial charge is 0.332 e. The van der Waals surface area contributed by atoms with Gasteiger partial charge in [0.25, 0.3) is 11.5 Å². The van der Waals surface area contributed by atoms with Crippen LogP contribution in [0.5, 0.6) is 17.2 Å². The van der Waals surface area contributed by atoms with Crippen molar-refractivity contribution in [3.8, 4) is 17.2 Å². The summed E-state index contributed by atoms with van der Waals surface area (Å²) in [5, 5.41) is 3.08. The molecule has 0 aliphatic heterocycles. The number of ether oxygens (including phenoxy) is 3. The zero-order valence-electron chi connectivity index (χ0n) is 23.0. The number of amides is 1. The minimum absolute atomic E-state index is 0.0108. The first-order valence-corrected chi connectivity index (χ1v) is 12.6. The van der Waals surface area contributed by atoms with E-state index in [1.165, 1.54) is 25.9 Å². The maximum absolute atomic E-state index is 13.9. The van der Waals surface area contributed by atoms with Crippen LogP contribution in [0.15, 0.2) is 64.2 Å². The molecule has 1 amide bonds. The molecule has 0 aliphatic rings. The highest BCUT2D eigenvalue weighted by Gasteiger charge is 2.19. The van der Waals surface area contributed by atoms with Crippen LogP contribution in [0.25, 0.3) is 10.9 Å². The number of hydrogen-bond acceptors (Lipinski definition) is 7. The molecule has 208 valence electrons. The Morgan fingerprint density at radius 3 is 2.10 bits per heavy atom. The molecule has 1 aromatic heterocycles. The van der Waals surface area contributed by atoms with Gasteiger partial charge in [0, 0.05) is 28.8 Å². The summed E-state index contributed by atoms with van der Waals surface area (Å²) in [6.07, 6.45) is 0.712. The van der Waals surface area contributed by atoms with Gasteiger partial charge in [-0.3, -0.25) is 23.5 Å². The second-order valence-corrected chi connectivity index (χ2v) is 9.50. The number of benzene rings is 3. The predicted octanol–water partition coefficient (Wildman–Crippen LogP) is 3.24. The third kappa shape index (κ3) is 5.61. The number of nitrogens with one attached hydrogen (secondary N) is 1. The maximum atomic E-state index is 13.9. The first-order chi connectivity index (χ1) is 19.2. The lowest BCUT2D eigenvalue weighted by Crippen LogP contribution is -2.40. The van der Waals surface area contributed by atoms with Crippen molar-refractivity contribution in [2.45, 2.75) is 33.0 Å². The van der Waals surface area contributed by atoms with Crippen LogP contribution in [0.1, 0.15) is 45.7 Å². The standard InChI is InChI=1S/C30H31N3O7/c1-18(2)31-28(35)21-9-6-19(7-10-21)15-33-29(36)23-13-26(39-4)27(40-5)14-24(23)32(30(33)37)16-22-12-20(17-34)8-11-25(22)38-3/h6-14,17-18H,15-16H2,1-5H3,(H,31,35). The zero-order chi connectivity index (χ0) is 29.0. The monoisotopic (exact) mass is 545 g/mol. The maximum Gasteiger partial charge on any atom is 0.332 e. The summed E-state index contributed by atoms with van der Waals surface area (Å²) in [6, 6.07) is 14.8. The van der Waals surface area contributed by atoms with E-state index in [1.54, 1.807) is 54.6 Å². The normalized spacial score (nSPS) is 10.9. The molecule has 4 aromatic rings. The number of aldehydes is 1. The van der Waals surface area contributed by atoms with Crippen molar-refractivity contribution in [3.05, 3.63) is 97.7 Å². The summed E-state index contributed by atoms with van der Waals surface area (Å²) >= 11 is 0. The molecule has 0 fully saturated rings. The molecular formula is C30H31N3O7. The lowest BCUT2D eigenvalue weighted by molar-refractivity contribution is 0.0942. The molecule has 0 bridgehead atoms. The molecule has 10 heteroatoms. The SMILES string of the molecule is COc1ccc(C=O)cc1Cn1c(=O)n(Cc2ccc(C(=O)NC(C)C)cc2)c(=O)c2cc(OC)c(OC)cc21. The van der Waals surface area contributed by atoms with Crippen molar-refractivity contribution in [2.75, 3.05) is 21.3 Å². The van der Waals surface area contributed by atoms with E-state index in [4.69, 9.17) is 14.2 Å². The predicted molar refractivity (Wildman–Crippen MR) is 151 cm³/mol. The van der Waals surface area contributed by atoms with E-state index in [0.717, 1.165) is 4.57 Å². The second-order valence-electron chi connectivity index (χ2n) is 9.50. The highest BCUT2D eigenvalue weighted by Crippen LogP contribution is 2.31. The fraction of sp³-hybridized carbons (Fsp3) is 0.267. The van der Waals surface area contributed by atoms with Crippen LogP contribution in [0.4, 0.5) is 0 Å². The Hall–Kier alpha value is -4.86. The van der Waals surface area contributed by atoms with E-state index in [-0.39, 0.29) is 30.4 Å². The number of nitrogens with zero attached hydrogens (tertiary/aromatic N) is 2. The average Bonchev–Trinajstić information content (AvgIpc) is 2.96. The number of methoxy groups -OCH3 is 3. The van der Waals surface area contributed by atoms with Crippen LogP contribution in [0, 0.1) is 0 Å². The molecule has 0 unspecified atom stereocenters. The Kier molecular flexibility index (Phi) is 8.37. The second kappa shape index (κ2) is 11.9. The minimum Gasteiger partial charge on any atom is -0.496 e. The molecule has 0 radical (unpaired) electrons. The van der Waals surface area contributed by atoms with Gasteiger partial charge in [-0.25, -0.2) is 4.79 Å². The van der Waals surface area contributed by atoms with Crippen molar-refractivity contribution < 1.29 is 23.8 Å². The molecule has 0 spiro atoms. The van der Waals surface area contributed by atoms with Gasteiger partial charge in [0.15, 0.2) is 11.5 Å². The number of fused-ring (bicyclic) bond motifs is 1. The largest absolute Gasteiger partial charge is 0.496 e. The van der Waals surface area contributed by atoms with E-state index in [0.29, 0.717) is 51.3 Å². The van der Waals surface area contributed by atoms with Crippen molar-refractivity contribution in [3.63, 3.8) is 0 Å². The number of carbonyl (C=O) groups is 2. The van der Waals surface area contributed by atoms with Gasteiger partial charge in [-0.1, -0.05) is 12.1 Å². The first-order valence-electron chi connectivity index (χ1n) is 12.6. The van der Waals surface area contributed by atoms with Crippen molar-refractivity contribution in [2.24, 2.45) is 0 Å². The molecule has 40 heavy (non-hydrogen) atoms. The summed E-state index contributed by atoms with van der Waals surface area (Å²) in [7, 11) is 4.43. The van der Waals surface area contributed by atoms with Gasteiger partial charge in [-0.15, -0.1) is 0 Å². The highest BCUT2D eigenvalue weighted by atomic mass is 16.5. The van der Waals surface area contributed by atoms with Crippen molar-refractivity contribution in [1.82, 2.24) is 14.5 Å². The highest BCUT2D eigenvalue weighted by molar-refractivity contribution is 5.94. The quantitative estimate of drug-likeness (QED) is 0.304. The number of carbonyl (C=O) groups excluding carboxylic acids is 2. The Morgan fingerprint density at radius 2 is 1.50 bits per heavy atom. The lowest BCUT2D eigenvalue weighted by atomic mass is 10.1. The fourth-order valence-electron chi connectivity index (χ4n) is 4.49. The van der Waals surface area contributed by atoms with Gasteiger partial charge in [-0.2, -0.15) is 0 Å². The van der Waals surface area contributed by atoms with Crippen LogP contribution in [-0.4, -0.2) is 48.7 Å². The Labute approximate surface area is 230 Å². The van der Waals surface area contributed by atoms with Crippen LogP contribution >= 0.6 is 0 Å². The Bertz CT molecular complexity index is 1690. The molecule has 3 aromatic carbocycles. The molecule has 0 saturated carbocycles. The molecule has 0 aliphatic carbocycles. The van der Waals surface area contributed by atoms with E-state index in [2.05, 4.69) is 5.32 Å². The fourth-order valence-corrected chi connectivity index (χ4v) is 4.49. The van der Waals surface area contributed by atoms with Gasteiger partial charge >= 0.3 is 5.69 Å². The van der Waals surface area contributed by atoms with E-state index < -0.39 is 11.2 Å². The van der Waals surface area contributed by atoms with Gasteiger partial charge in [0.1, 0.15) is 12.0 Å². The molecule has 4 rings (SSSR count). The summed E-state index contributed by atoms with van der Waals surface area (Å²) in [4.78, 5) is 51.3. The zero-order valence-corrected chi connectivity index (χ0v) is 23.0. The van der Waals surface area contributed by atoms with Gasteiger partial charge in [0.2, 0.25) is 0 Å². The third-order valence-electron chi connectivity index (χ3n) is 6.48. The molecule has 0 atom stereocenters. The van der Waals surface area contributed by atoms with Gasteiger partial charge in [-0.05, 0) is 55.8 Å². The summed E-state index contributed by atoms with van der Waals surface area (Å²) < 4.78 is 18.9. The summed E-state index contributed by atoms with van der Waals surface area (Å²) in [5.74, 6) is 0.965. The van der Waals surface area contributed by atoms with Crippen LogP contribution in [0.3, 0.4) is 0 Å². The minimum atomic E-state index is -0.565. The van der Waals surface area contributed by atoms with Crippen molar-refractivity contribution >= 4 is 23.1 Å². The van der Waals surface area contributed by atoms with Crippen LogP contribution in [0.2, 0.25) is 0 Å². The first kappa shape index (κ1) is 28.2. The molecule has 10 nitrogen and oxygen atoms in total. The average molecular weight is 546 g/mol. The number of hydrogen-bond donors (Lipinski definition) is 1. The molecule has 1 N–H and O–H groups in total. The Morgan fingerprint density at radius 1 is 0.850 bits per heavy atom. The van der Waals surface area contributed by atoms with E-state index in [1.807, 2.05) is 13.8 Å². The van der Waals surface area contributed by atoms with Crippen LogP contribution in [-0.2, 0) is 13.1 Å². The Balaban J connectivity index is 1.89. The van der Waals surface area contributed by atoms with E-state index in [9.17, 15) is 19.2 Å². The number of aromatic nitrogens is 2. The topological polar surface area (TPSA) is 118 Å². The number of rotatable bonds is 10. The molecular weight excluding hydrogens is 514 g/mol. The van der Waals surface area contributed by atoms with Gasteiger partial charge in [0.05, 0.1) is 45.3 Å². The lowest BCUT2D eigenvalue weighted by Gasteiger charge is -2.18. The third-order valence-corrected chi connectivity index (χ3v) is 6.48. The molecule has 0 saturated heterocycles. The van der Waals surface area contributed by atoms with Crippen LogP contribution < -0.4 is 30.8 Å². The van der Waals surface area contributed by atoms with Crippen molar-refractivity contribution in [1.29, 1.82) is 0 Å².